The Kier molecular flexibility index (Phi) is 7.60. The van der Waals surface area contributed by atoms with Crippen molar-refractivity contribution in [1.82, 2.24) is 0 Å². The predicted molar refractivity (Wildman–Crippen MR) is 48.1 cm³/mol. The maximum absolute atomic E-state index is 8.36. The summed E-state index contributed by atoms with van der Waals surface area (Å²) in [6.45, 7) is 2.44. The van der Waals surface area contributed by atoms with Crippen molar-refractivity contribution in [3.05, 3.63) is 0 Å². The summed E-state index contributed by atoms with van der Waals surface area (Å²) in [5, 5.41) is 8.36. The monoisotopic (exact) mass is 187 g/mol. The molecule has 0 aliphatic heterocycles. The lowest BCUT2D eigenvalue weighted by atomic mass is 10.3. The van der Waals surface area contributed by atoms with E-state index >= 15 is 0 Å². The zero-order valence-corrected chi connectivity index (χ0v) is 8.45. The molecule has 2 unspecified atom stereocenters. The number of rotatable bonds is 7. The maximum atomic E-state index is 8.36. The van der Waals surface area contributed by atoms with E-state index in [0.717, 1.165) is 0 Å². The molecule has 0 aromatic carbocycles. The minimum absolute atomic E-state index is 0.00589. The summed E-state index contributed by atoms with van der Waals surface area (Å²) < 4.78 is 15.4. The largest absolute Gasteiger partial charge is 0.382 e. The van der Waals surface area contributed by atoms with Crippen LogP contribution in [0.2, 0.25) is 0 Å². The first-order chi connectivity index (χ1) is 6.24. The van der Waals surface area contributed by atoms with Gasteiger partial charge in [-0.25, -0.2) is 0 Å². The molecule has 0 bridgehead atoms. The molecule has 0 spiro atoms. The molecule has 0 saturated heterocycles. The average molecular weight is 187 g/mol. The first-order valence-corrected chi connectivity index (χ1v) is 4.28. The molecule has 0 radical (unpaired) electrons. The van der Waals surface area contributed by atoms with E-state index in [1.807, 2.05) is 13.0 Å². The third-order valence-corrected chi connectivity index (χ3v) is 1.54. The van der Waals surface area contributed by atoms with Gasteiger partial charge in [-0.05, 0) is 6.92 Å². The Hall–Kier alpha value is -0.630. The van der Waals surface area contributed by atoms with Gasteiger partial charge >= 0.3 is 0 Å². The SMILES string of the molecule is COCC(C)OC(CCC#N)OC. The first-order valence-electron chi connectivity index (χ1n) is 4.28. The van der Waals surface area contributed by atoms with Gasteiger partial charge in [0.05, 0.1) is 18.8 Å². The van der Waals surface area contributed by atoms with E-state index in [1.54, 1.807) is 14.2 Å². The van der Waals surface area contributed by atoms with Gasteiger partial charge in [-0.3, -0.25) is 0 Å². The number of nitrogens with zero attached hydrogens (tertiary/aromatic N) is 1. The van der Waals surface area contributed by atoms with Crippen molar-refractivity contribution in [3.63, 3.8) is 0 Å². The van der Waals surface area contributed by atoms with Crippen molar-refractivity contribution >= 4 is 0 Å². The molecular weight excluding hydrogens is 170 g/mol. The summed E-state index contributed by atoms with van der Waals surface area (Å²) in [5.74, 6) is 0. The van der Waals surface area contributed by atoms with Gasteiger partial charge in [-0.1, -0.05) is 0 Å². The highest BCUT2D eigenvalue weighted by atomic mass is 16.7. The van der Waals surface area contributed by atoms with E-state index in [4.69, 9.17) is 19.5 Å². The van der Waals surface area contributed by atoms with Crippen LogP contribution in [0.4, 0.5) is 0 Å². The number of nitriles is 1. The molecule has 4 heteroatoms. The number of hydrogen-bond acceptors (Lipinski definition) is 4. The van der Waals surface area contributed by atoms with E-state index in [1.165, 1.54) is 0 Å². The van der Waals surface area contributed by atoms with Crippen LogP contribution in [0.3, 0.4) is 0 Å². The average Bonchev–Trinajstić information content (AvgIpc) is 2.12. The van der Waals surface area contributed by atoms with Crippen molar-refractivity contribution in [2.75, 3.05) is 20.8 Å². The van der Waals surface area contributed by atoms with Crippen LogP contribution < -0.4 is 0 Å². The summed E-state index contributed by atoms with van der Waals surface area (Å²) in [5.41, 5.74) is 0. The van der Waals surface area contributed by atoms with Gasteiger partial charge < -0.3 is 14.2 Å². The molecule has 0 aromatic heterocycles. The Morgan fingerprint density at radius 1 is 1.38 bits per heavy atom. The van der Waals surface area contributed by atoms with Crippen molar-refractivity contribution in [2.24, 2.45) is 0 Å². The fraction of sp³-hybridized carbons (Fsp3) is 0.889. The molecule has 0 aliphatic carbocycles. The van der Waals surface area contributed by atoms with Crippen LogP contribution >= 0.6 is 0 Å². The Morgan fingerprint density at radius 3 is 2.54 bits per heavy atom. The molecule has 0 rings (SSSR count). The van der Waals surface area contributed by atoms with Crippen molar-refractivity contribution < 1.29 is 14.2 Å². The van der Waals surface area contributed by atoms with Crippen LogP contribution in [0.1, 0.15) is 19.8 Å². The normalized spacial score (nSPS) is 14.9. The van der Waals surface area contributed by atoms with E-state index in [9.17, 15) is 0 Å². The highest BCUT2D eigenvalue weighted by molar-refractivity contribution is 4.69. The summed E-state index contributed by atoms with van der Waals surface area (Å²) in [4.78, 5) is 0. The zero-order chi connectivity index (χ0) is 10.1. The van der Waals surface area contributed by atoms with E-state index < -0.39 is 0 Å². The molecule has 0 N–H and O–H groups in total. The highest BCUT2D eigenvalue weighted by Gasteiger charge is 2.11. The van der Waals surface area contributed by atoms with Crippen molar-refractivity contribution in [2.45, 2.75) is 32.2 Å². The van der Waals surface area contributed by atoms with Crippen LogP contribution in [-0.2, 0) is 14.2 Å². The molecule has 76 valence electrons. The Morgan fingerprint density at radius 2 is 2.08 bits per heavy atom. The lowest BCUT2D eigenvalue weighted by molar-refractivity contribution is -0.163. The predicted octanol–water partition coefficient (Wildman–Crippen LogP) is 1.31. The Bertz CT molecular complexity index is 155. The molecule has 13 heavy (non-hydrogen) atoms. The summed E-state index contributed by atoms with van der Waals surface area (Å²) in [6.07, 6.45) is 0.734. The lowest BCUT2D eigenvalue weighted by Crippen LogP contribution is -2.24. The smallest absolute Gasteiger partial charge is 0.158 e. The lowest BCUT2D eigenvalue weighted by Gasteiger charge is -2.19. The second-order valence-corrected chi connectivity index (χ2v) is 2.76. The molecular formula is C9H17NO3. The van der Waals surface area contributed by atoms with Gasteiger partial charge in [0.15, 0.2) is 6.29 Å². The third kappa shape index (κ3) is 6.52. The van der Waals surface area contributed by atoms with Gasteiger partial charge in [0.1, 0.15) is 0 Å². The van der Waals surface area contributed by atoms with Crippen molar-refractivity contribution in [1.29, 1.82) is 5.26 Å². The fourth-order valence-electron chi connectivity index (χ4n) is 0.957. The number of ether oxygens (including phenoxy) is 3. The Labute approximate surface area is 79.4 Å². The van der Waals surface area contributed by atoms with Gasteiger partial charge in [-0.2, -0.15) is 5.26 Å². The summed E-state index contributed by atoms with van der Waals surface area (Å²) in [7, 11) is 3.19. The Balaban J connectivity index is 3.63. The second kappa shape index (κ2) is 7.99. The molecule has 0 saturated carbocycles. The van der Waals surface area contributed by atoms with Crippen LogP contribution in [-0.4, -0.2) is 33.2 Å². The summed E-state index contributed by atoms with van der Waals surface area (Å²) in [6, 6.07) is 2.05. The number of hydrogen-bond donors (Lipinski definition) is 0. The van der Waals surface area contributed by atoms with Crippen molar-refractivity contribution in [3.8, 4) is 6.07 Å². The standard InChI is InChI=1S/C9H17NO3/c1-8(7-11-2)13-9(12-3)5-4-6-10/h8-9H,4-5,7H2,1-3H3. The zero-order valence-electron chi connectivity index (χ0n) is 8.45. The molecule has 0 fully saturated rings. The van der Waals surface area contributed by atoms with E-state index in [-0.39, 0.29) is 12.4 Å². The van der Waals surface area contributed by atoms with Crippen LogP contribution in [0.5, 0.6) is 0 Å². The van der Waals surface area contributed by atoms with E-state index in [0.29, 0.717) is 19.4 Å². The quantitative estimate of drug-likeness (QED) is 0.564. The molecule has 2 atom stereocenters. The van der Waals surface area contributed by atoms with Crippen LogP contribution in [0.15, 0.2) is 0 Å². The minimum Gasteiger partial charge on any atom is -0.382 e. The van der Waals surface area contributed by atoms with E-state index in [2.05, 4.69) is 0 Å². The van der Waals surface area contributed by atoms with Crippen LogP contribution in [0.25, 0.3) is 0 Å². The maximum Gasteiger partial charge on any atom is 0.158 e. The molecule has 0 aromatic rings. The molecule has 0 aliphatic rings. The van der Waals surface area contributed by atoms with Gasteiger partial charge in [0, 0.05) is 27.1 Å². The first kappa shape index (κ1) is 12.4. The van der Waals surface area contributed by atoms with Gasteiger partial charge in [0.25, 0.3) is 0 Å². The number of methoxy groups -OCH3 is 2. The molecule has 4 nitrogen and oxygen atoms in total. The van der Waals surface area contributed by atoms with Gasteiger partial charge in [-0.15, -0.1) is 0 Å². The molecule has 0 heterocycles. The third-order valence-electron chi connectivity index (χ3n) is 1.54. The van der Waals surface area contributed by atoms with Gasteiger partial charge in [0.2, 0.25) is 0 Å². The van der Waals surface area contributed by atoms with Crippen LogP contribution in [0, 0.1) is 11.3 Å². The fourth-order valence-corrected chi connectivity index (χ4v) is 0.957. The summed E-state index contributed by atoms with van der Waals surface area (Å²) >= 11 is 0. The molecule has 0 amide bonds. The topological polar surface area (TPSA) is 51.5 Å². The highest BCUT2D eigenvalue weighted by Crippen LogP contribution is 2.06. The minimum atomic E-state index is -0.301. The second-order valence-electron chi connectivity index (χ2n) is 2.76.